The lowest BCUT2D eigenvalue weighted by Gasteiger charge is -2.40. The van der Waals surface area contributed by atoms with Crippen LogP contribution < -0.4 is 10.2 Å². The van der Waals surface area contributed by atoms with Gasteiger partial charge in [-0.15, -0.1) is 11.3 Å². The van der Waals surface area contributed by atoms with Crippen LogP contribution in [0.3, 0.4) is 0 Å². The van der Waals surface area contributed by atoms with Gasteiger partial charge in [-0.1, -0.05) is 24.6 Å². The van der Waals surface area contributed by atoms with Crippen LogP contribution in [-0.4, -0.2) is 63.9 Å². The van der Waals surface area contributed by atoms with Crippen LogP contribution in [0.4, 0.5) is 5.95 Å². The summed E-state index contributed by atoms with van der Waals surface area (Å²) >= 11 is 1.55. The Morgan fingerprint density at radius 2 is 1.68 bits per heavy atom. The van der Waals surface area contributed by atoms with Crippen LogP contribution in [-0.2, 0) is 9.59 Å². The van der Waals surface area contributed by atoms with E-state index >= 15 is 0 Å². The van der Waals surface area contributed by atoms with Gasteiger partial charge in [-0.25, -0.2) is 9.97 Å². The Bertz CT molecular complexity index is 1560. The number of H-pyrrole nitrogens is 1. The molecule has 0 bridgehead atoms. The number of hydrogen-bond acceptors (Lipinski definition) is 7. The minimum atomic E-state index is -0.412. The molecule has 0 spiro atoms. The number of fused-ring (bicyclic) bond motifs is 2. The molecule has 0 unspecified atom stereocenters. The Morgan fingerprint density at radius 3 is 2.51 bits per heavy atom. The van der Waals surface area contributed by atoms with E-state index in [-0.39, 0.29) is 5.91 Å². The number of likely N-dealkylation sites (tertiary alicyclic amines) is 1. The fourth-order valence-electron chi connectivity index (χ4n) is 6.08. The van der Waals surface area contributed by atoms with Gasteiger partial charge in [0, 0.05) is 36.3 Å². The lowest BCUT2D eigenvalue weighted by Crippen LogP contribution is -2.47. The molecule has 3 aliphatic heterocycles. The molecular formula is C28H28N6O2S. The highest BCUT2D eigenvalue weighted by Gasteiger charge is 2.36. The molecule has 3 aliphatic rings. The molecule has 0 radical (unpaired) electrons. The zero-order valence-electron chi connectivity index (χ0n) is 20.5. The molecule has 0 saturated carbocycles. The zero-order valence-corrected chi connectivity index (χ0v) is 21.3. The first kappa shape index (κ1) is 22.6. The van der Waals surface area contributed by atoms with Crippen LogP contribution >= 0.6 is 11.3 Å². The minimum absolute atomic E-state index is 0.322. The van der Waals surface area contributed by atoms with Gasteiger partial charge >= 0.3 is 0 Å². The first-order valence-corrected chi connectivity index (χ1v) is 14.0. The highest BCUT2D eigenvalue weighted by atomic mass is 32.1. The van der Waals surface area contributed by atoms with Gasteiger partial charge in [0.05, 0.1) is 32.6 Å². The summed E-state index contributed by atoms with van der Waals surface area (Å²) in [4.78, 5) is 44.3. The van der Waals surface area contributed by atoms with Crippen molar-refractivity contribution in [1.82, 2.24) is 25.2 Å². The molecule has 8 nitrogen and oxygen atoms in total. The summed E-state index contributed by atoms with van der Waals surface area (Å²) in [6, 6.07) is 10.3. The average molecular weight is 513 g/mol. The Morgan fingerprint density at radius 1 is 0.892 bits per heavy atom. The number of benzene rings is 1. The number of hydrogen-bond donors (Lipinski definition) is 2. The van der Waals surface area contributed by atoms with Crippen LogP contribution in [0.5, 0.6) is 0 Å². The molecule has 3 aromatic heterocycles. The maximum Gasteiger partial charge on any atom is 0.261 e. The van der Waals surface area contributed by atoms with Crippen molar-refractivity contribution in [3.05, 3.63) is 53.2 Å². The second kappa shape index (κ2) is 9.08. The molecule has 0 atom stereocenters. The van der Waals surface area contributed by atoms with Crippen molar-refractivity contribution < 1.29 is 9.59 Å². The molecule has 2 amide bonds. The number of carbonyl (C=O) groups is 2. The second-order valence-electron chi connectivity index (χ2n) is 10.1. The minimum Gasteiger partial charge on any atom is -0.360 e. The van der Waals surface area contributed by atoms with E-state index in [2.05, 4.69) is 20.1 Å². The Labute approximate surface area is 218 Å². The van der Waals surface area contributed by atoms with Gasteiger partial charge in [-0.05, 0) is 56.3 Å². The molecule has 2 saturated heterocycles. The molecule has 2 N–H and O–H groups in total. The van der Waals surface area contributed by atoms with Crippen LogP contribution in [0.1, 0.15) is 43.4 Å². The van der Waals surface area contributed by atoms with Crippen molar-refractivity contribution in [3.63, 3.8) is 0 Å². The number of anilines is 1. The number of aromatic amines is 1. The summed E-state index contributed by atoms with van der Waals surface area (Å²) in [7, 11) is 0. The van der Waals surface area contributed by atoms with E-state index < -0.39 is 5.91 Å². The van der Waals surface area contributed by atoms with E-state index in [0.717, 1.165) is 52.6 Å². The van der Waals surface area contributed by atoms with E-state index in [4.69, 9.17) is 9.97 Å². The summed E-state index contributed by atoms with van der Waals surface area (Å²) in [5, 5.41) is 5.27. The largest absolute Gasteiger partial charge is 0.360 e. The smallest absolute Gasteiger partial charge is 0.261 e. The first-order chi connectivity index (χ1) is 18.2. The number of nitrogens with zero attached hydrogens (tertiary/aromatic N) is 4. The van der Waals surface area contributed by atoms with Crippen LogP contribution in [0.25, 0.3) is 32.3 Å². The van der Waals surface area contributed by atoms with Crippen molar-refractivity contribution in [3.8, 4) is 0 Å². The summed E-state index contributed by atoms with van der Waals surface area (Å²) in [6.07, 6.45) is 7.92. The number of aromatic nitrogens is 3. The Balaban J connectivity index is 1.31. The van der Waals surface area contributed by atoms with Gasteiger partial charge in [0.2, 0.25) is 5.95 Å². The third-order valence-electron chi connectivity index (χ3n) is 7.96. The molecular weight excluding hydrogens is 484 g/mol. The topological polar surface area (TPSA) is 94.2 Å². The van der Waals surface area contributed by atoms with Crippen molar-refractivity contribution in [2.24, 2.45) is 0 Å². The average Bonchev–Trinajstić information content (AvgIpc) is 3.63. The van der Waals surface area contributed by atoms with Gasteiger partial charge in [-0.2, -0.15) is 0 Å². The van der Waals surface area contributed by atoms with Crippen molar-refractivity contribution >= 4 is 61.4 Å². The third kappa shape index (κ3) is 3.84. The number of imide groups is 1. The monoisotopic (exact) mass is 512 g/mol. The van der Waals surface area contributed by atoms with Crippen LogP contribution in [0.2, 0.25) is 0 Å². The Kier molecular flexibility index (Phi) is 5.55. The molecule has 4 aromatic rings. The quantitative estimate of drug-likeness (QED) is 0.398. The van der Waals surface area contributed by atoms with Gasteiger partial charge in [-0.3, -0.25) is 14.9 Å². The summed E-state index contributed by atoms with van der Waals surface area (Å²) in [5.74, 6) is -0.175. The standard InChI is InChI=1S/C28H28N6O2S/c35-26-22(19-16-29-21-10-15-37-25(19)21)23(27(36)32-26)24-18-6-2-3-7-20(18)30-28(31-24)34-13-8-17(9-14-34)33-11-4-1-5-12-33/h2-3,6-7,10,15-17,29H,1,4-5,8-9,11-14H2,(H,32,35,36). The highest BCUT2D eigenvalue weighted by Crippen LogP contribution is 2.38. The summed E-state index contributed by atoms with van der Waals surface area (Å²) < 4.78 is 0.954. The normalized spacial score (nSPS) is 19.9. The van der Waals surface area contributed by atoms with Gasteiger partial charge in [0.25, 0.3) is 11.8 Å². The summed E-state index contributed by atoms with van der Waals surface area (Å²) in [6.45, 7) is 4.17. The number of piperidine rings is 2. The van der Waals surface area contributed by atoms with E-state index in [1.54, 1.807) is 11.3 Å². The number of nitrogens with one attached hydrogen (secondary N) is 2. The zero-order chi connectivity index (χ0) is 24.9. The van der Waals surface area contributed by atoms with Crippen molar-refractivity contribution in [2.45, 2.75) is 38.1 Å². The number of amides is 2. The van der Waals surface area contributed by atoms with Gasteiger partial charge in [0.1, 0.15) is 0 Å². The SMILES string of the molecule is O=C1NC(=O)C(c2c[nH]c3ccsc23)=C1c1nc(N2CCC(N3CCCCC3)CC2)nc2ccccc12. The molecule has 2 fully saturated rings. The van der Waals surface area contributed by atoms with Crippen molar-refractivity contribution in [1.29, 1.82) is 0 Å². The lowest BCUT2D eigenvalue weighted by atomic mass is 9.98. The van der Waals surface area contributed by atoms with E-state index in [9.17, 15) is 9.59 Å². The van der Waals surface area contributed by atoms with Crippen LogP contribution in [0, 0.1) is 0 Å². The third-order valence-corrected chi connectivity index (χ3v) is 8.91. The maximum atomic E-state index is 13.2. The number of para-hydroxylation sites is 1. The second-order valence-corrected chi connectivity index (χ2v) is 11.0. The summed E-state index contributed by atoms with van der Waals surface area (Å²) in [5.41, 5.74) is 3.66. The first-order valence-electron chi connectivity index (χ1n) is 13.1. The fraction of sp³-hybridized carbons (Fsp3) is 0.357. The Hall–Kier alpha value is -3.56. The van der Waals surface area contributed by atoms with Gasteiger partial charge in [0.15, 0.2) is 0 Å². The van der Waals surface area contributed by atoms with Crippen LogP contribution in [0.15, 0.2) is 41.9 Å². The molecule has 188 valence electrons. The molecule has 6 heterocycles. The molecule has 7 rings (SSSR count). The van der Waals surface area contributed by atoms with E-state index in [1.165, 1.54) is 32.4 Å². The number of thiophene rings is 1. The number of carbonyl (C=O) groups excluding carboxylic acids is 2. The highest BCUT2D eigenvalue weighted by molar-refractivity contribution is 7.17. The number of rotatable bonds is 4. The van der Waals surface area contributed by atoms with Crippen molar-refractivity contribution in [2.75, 3.05) is 31.1 Å². The van der Waals surface area contributed by atoms with E-state index in [1.807, 2.05) is 41.9 Å². The molecule has 0 aliphatic carbocycles. The maximum absolute atomic E-state index is 13.2. The predicted molar refractivity (Wildman–Crippen MR) is 146 cm³/mol. The molecule has 9 heteroatoms. The molecule has 37 heavy (non-hydrogen) atoms. The fourth-order valence-corrected chi connectivity index (χ4v) is 6.96. The van der Waals surface area contributed by atoms with Gasteiger partial charge < -0.3 is 14.8 Å². The predicted octanol–water partition coefficient (Wildman–Crippen LogP) is 4.19. The van der Waals surface area contributed by atoms with E-state index in [0.29, 0.717) is 28.8 Å². The lowest BCUT2D eigenvalue weighted by molar-refractivity contribution is -0.122. The molecule has 1 aromatic carbocycles.